The number of methoxy groups -OCH3 is 1. The van der Waals surface area contributed by atoms with Crippen LogP contribution in [0.1, 0.15) is 35.3 Å². The molecule has 0 saturated carbocycles. The number of hydrogen-bond donors (Lipinski definition) is 0. The molecule has 0 saturated heterocycles. The van der Waals surface area contributed by atoms with Gasteiger partial charge in [-0.05, 0) is 26.0 Å². The number of carbonyl (C=O) groups is 1. The standard InChI is InChI=1S/C18H18O3/c1-18(2)11-14-13(9-10-15(20-3)17(14)21-18)16(19)12-7-5-4-6-8-12/h4-10H,11H2,1-3H3. The minimum absolute atomic E-state index is 0.0239. The second-order valence-electron chi connectivity index (χ2n) is 5.86. The van der Waals surface area contributed by atoms with E-state index in [-0.39, 0.29) is 11.4 Å². The molecule has 2 aromatic carbocycles. The molecule has 3 heteroatoms. The Hall–Kier alpha value is -2.29. The predicted molar refractivity (Wildman–Crippen MR) is 81.3 cm³/mol. The number of benzene rings is 2. The first kappa shape index (κ1) is 13.7. The Kier molecular flexibility index (Phi) is 3.20. The molecule has 0 spiro atoms. The summed E-state index contributed by atoms with van der Waals surface area (Å²) in [5.74, 6) is 1.40. The summed E-state index contributed by atoms with van der Waals surface area (Å²) in [6.07, 6.45) is 0.702. The summed E-state index contributed by atoms with van der Waals surface area (Å²) in [7, 11) is 1.61. The average Bonchev–Trinajstić information content (AvgIpc) is 2.81. The van der Waals surface area contributed by atoms with Gasteiger partial charge >= 0.3 is 0 Å². The molecule has 3 rings (SSSR count). The van der Waals surface area contributed by atoms with Crippen molar-refractivity contribution in [2.75, 3.05) is 7.11 Å². The lowest BCUT2D eigenvalue weighted by molar-refractivity contribution is 0.103. The van der Waals surface area contributed by atoms with Gasteiger partial charge in [-0.3, -0.25) is 4.79 Å². The number of hydrogen-bond acceptors (Lipinski definition) is 3. The van der Waals surface area contributed by atoms with Gasteiger partial charge in [-0.1, -0.05) is 30.3 Å². The molecular weight excluding hydrogens is 264 g/mol. The molecule has 0 aliphatic carbocycles. The van der Waals surface area contributed by atoms with Gasteiger partial charge in [0.1, 0.15) is 5.60 Å². The van der Waals surface area contributed by atoms with E-state index in [1.54, 1.807) is 13.2 Å². The molecule has 0 aromatic heterocycles. The fraction of sp³-hybridized carbons (Fsp3) is 0.278. The van der Waals surface area contributed by atoms with Crippen molar-refractivity contribution in [1.82, 2.24) is 0 Å². The van der Waals surface area contributed by atoms with Gasteiger partial charge in [-0.2, -0.15) is 0 Å². The molecule has 2 aromatic rings. The van der Waals surface area contributed by atoms with Crippen LogP contribution in [-0.4, -0.2) is 18.5 Å². The Morgan fingerprint density at radius 1 is 1.14 bits per heavy atom. The van der Waals surface area contributed by atoms with Crippen LogP contribution in [0.15, 0.2) is 42.5 Å². The van der Waals surface area contributed by atoms with Crippen molar-refractivity contribution in [1.29, 1.82) is 0 Å². The van der Waals surface area contributed by atoms with Gasteiger partial charge in [-0.25, -0.2) is 0 Å². The molecule has 1 aliphatic heterocycles. The molecule has 21 heavy (non-hydrogen) atoms. The third-order valence-electron chi connectivity index (χ3n) is 3.71. The molecule has 1 heterocycles. The van der Waals surface area contributed by atoms with Crippen molar-refractivity contribution in [3.05, 3.63) is 59.2 Å². The fourth-order valence-corrected chi connectivity index (χ4v) is 2.75. The molecular formula is C18H18O3. The van der Waals surface area contributed by atoms with Crippen molar-refractivity contribution in [3.63, 3.8) is 0 Å². The van der Waals surface area contributed by atoms with E-state index in [1.165, 1.54) is 0 Å². The zero-order valence-electron chi connectivity index (χ0n) is 12.5. The third-order valence-corrected chi connectivity index (χ3v) is 3.71. The number of carbonyl (C=O) groups excluding carboxylic acids is 1. The van der Waals surface area contributed by atoms with Crippen LogP contribution in [0.25, 0.3) is 0 Å². The summed E-state index contributed by atoms with van der Waals surface area (Å²) in [5.41, 5.74) is 2.01. The summed E-state index contributed by atoms with van der Waals surface area (Å²) < 4.78 is 11.3. The lowest BCUT2D eigenvalue weighted by atomic mass is 9.93. The quantitative estimate of drug-likeness (QED) is 0.806. The van der Waals surface area contributed by atoms with Crippen LogP contribution >= 0.6 is 0 Å². The van der Waals surface area contributed by atoms with Crippen LogP contribution in [0.3, 0.4) is 0 Å². The number of ether oxygens (including phenoxy) is 2. The number of rotatable bonds is 3. The number of fused-ring (bicyclic) bond motifs is 1. The first-order chi connectivity index (χ1) is 10.0. The van der Waals surface area contributed by atoms with Gasteiger partial charge < -0.3 is 9.47 Å². The zero-order valence-corrected chi connectivity index (χ0v) is 12.5. The second-order valence-corrected chi connectivity index (χ2v) is 5.86. The van der Waals surface area contributed by atoms with Gasteiger partial charge in [0.2, 0.25) is 0 Å². The largest absolute Gasteiger partial charge is 0.493 e. The molecule has 0 bridgehead atoms. The highest BCUT2D eigenvalue weighted by molar-refractivity contribution is 6.10. The highest BCUT2D eigenvalue weighted by Crippen LogP contribution is 2.44. The molecule has 0 unspecified atom stereocenters. The summed E-state index contributed by atoms with van der Waals surface area (Å²) >= 11 is 0. The van der Waals surface area contributed by atoms with E-state index in [4.69, 9.17) is 9.47 Å². The topological polar surface area (TPSA) is 35.5 Å². The van der Waals surface area contributed by atoms with E-state index in [1.807, 2.05) is 50.2 Å². The monoisotopic (exact) mass is 282 g/mol. The Bertz CT molecular complexity index is 687. The van der Waals surface area contributed by atoms with Crippen molar-refractivity contribution in [2.24, 2.45) is 0 Å². The molecule has 0 amide bonds. The van der Waals surface area contributed by atoms with Gasteiger partial charge in [-0.15, -0.1) is 0 Å². The first-order valence-corrected chi connectivity index (χ1v) is 7.00. The lowest BCUT2D eigenvalue weighted by Gasteiger charge is -2.17. The van der Waals surface area contributed by atoms with E-state index >= 15 is 0 Å². The SMILES string of the molecule is COc1ccc(C(=O)c2ccccc2)c2c1OC(C)(C)C2. The molecule has 0 radical (unpaired) electrons. The van der Waals surface area contributed by atoms with Crippen LogP contribution in [0.5, 0.6) is 11.5 Å². The van der Waals surface area contributed by atoms with Crippen LogP contribution in [0.4, 0.5) is 0 Å². The normalized spacial score (nSPS) is 15.2. The minimum Gasteiger partial charge on any atom is -0.493 e. The van der Waals surface area contributed by atoms with Crippen molar-refractivity contribution >= 4 is 5.78 Å². The van der Waals surface area contributed by atoms with E-state index in [9.17, 15) is 4.79 Å². The Morgan fingerprint density at radius 2 is 1.86 bits per heavy atom. The molecule has 108 valence electrons. The van der Waals surface area contributed by atoms with E-state index in [0.717, 1.165) is 5.56 Å². The van der Waals surface area contributed by atoms with Crippen LogP contribution in [-0.2, 0) is 6.42 Å². The highest BCUT2D eigenvalue weighted by Gasteiger charge is 2.35. The second kappa shape index (κ2) is 4.92. The predicted octanol–water partition coefficient (Wildman–Crippen LogP) is 3.64. The van der Waals surface area contributed by atoms with Gasteiger partial charge in [0, 0.05) is 23.1 Å². The third kappa shape index (κ3) is 2.40. The molecule has 3 nitrogen and oxygen atoms in total. The van der Waals surface area contributed by atoms with Crippen molar-refractivity contribution in [3.8, 4) is 11.5 Å². The zero-order chi connectivity index (χ0) is 15.0. The average molecular weight is 282 g/mol. The Morgan fingerprint density at radius 3 is 2.52 bits per heavy atom. The van der Waals surface area contributed by atoms with Crippen LogP contribution in [0.2, 0.25) is 0 Å². The maximum atomic E-state index is 12.7. The Balaban J connectivity index is 2.10. The summed E-state index contributed by atoms with van der Waals surface area (Å²) in [4.78, 5) is 12.7. The summed E-state index contributed by atoms with van der Waals surface area (Å²) in [5, 5.41) is 0. The lowest BCUT2D eigenvalue weighted by Crippen LogP contribution is -2.25. The highest BCUT2D eigenvalue weighted by atomic mass is 16.5. The molecule has 1 aliphatic rings. The van der Waals surface area contributed by atoms with Gasteiger partial charge in [0.15, 0.2) is 17.3 Å². The van der Waals surface area contributed by atoms with Crippen molar-refractivity contribution < 1.29 is 14.3 Å². The summed E-state index contributed by atoms with van der Waals surface area (Å²) in [6.45, 7) is 4.03. The summed E-state index contributed by atoms with van der Waals surface area (Å²) in [6, 6.07) is 12.9. The minimum atomic E-state index is -0.317. The van der Waals surface area contributed by atoms with E-state index in [0.29, 0.717) is 29.0 Å². The van der Waals surface area contributed by atoms with Crippen molar-refractivity contribution in [2.45, 2.75) is 25.9 Å². The number of ketones is 1. The van der Waals surface area contributed by atoms with Gasteiger partial charge in [0.25, 0.3) is 0 Å². The van der Waals surface area contributed by atoms with E-state index in [2.05, 4.69) is 0 Å². The molecule has 0 N–H and O–H groups in total. The maximum absolute atomic E-state index is 12.7. The van der Waals surface area contributed by atoms with Crippen LogP contribution in [0, 0.1) is 0 Å². The maximum Gasteiger partial charge on any atom is 0.193 e. The Labute approximate surface area is 124 Å². The fourth-order valence-electron chi connectivity index (χ4n) is 2.75. The first-order valence-electron chi connectivity index (χ1n) is 7.00. The van der Waals surface area contributed by atoms with Gasteiger partial charge in [0.05, 0.1) is 7.11 Å². The molecule has 0 fully saturated rings. The van der Waals surface area contributed by atoms with E-state index < -0.39 is 0 Å². The smallest absolute Gasteiger partial charge is 0.193 e. The van der Waals surface area contributed by atoms with Crippen LogP contribution < -0.4 is 9.47 Å². The molecule has 0 atom stereocenters.